The van der Waals surface area contributed by atoms with E-state index >= 15 is 0 Å². The van der Waals surface area contributed by atoms with E-state index in [9.17, 15) is 8.42 Å². The summed E-state index contributed by atoms with van der Waals surface area (Å²) in [5.41, 5.74) is 0.987. The second-order valence-corrected chi connectivity index (χ2v) is 9.68. The van der Waals surface area contributed by atoms with Crippen LogP contribution in [0.4, 0.5) is 0 Å². The molecule has 2 unspecified atom stereocenters. The van der Waals surface area contributed by atoms with Crippen molar-refractivity contribution in [2.24, 2.45) is 0 Å². The van der Waals surface area contributed by atoms with Gasteiger partial charge in [-0.15, -0.1) is 11.6 Å². The fourth-order valence-electron chi connectivity index (χ4n) is 2.57. The lowest BCUT2D eigenvalue weighted by atomic mass is 9.97. The van der Waals surface area contributed by atoms with Gasteiger partial charge in [0.2, 0.25) is 0 Å². The molecule has 21 heavy (non-hydrogen) atoms. The van der Waals surface area contributed by atoms with Crippen LogP contribution in [0.1, 0.15) is 31.2 Å². The Morgan fingerprint density at radius 2 is 1.90 bits per heavy atom. The number of ether oxygens (including phenoxy) is 1. The lowest BCUT2D eigenvalue weighted by Crippen LogP contribution is -2.33. The van der Waals surface area contributed by atoms with Crippen molar-refractivity contribution in [2.75, 3.05) is 6.26 Å². The lowest BCUT2D eigenvalue weighted by molar-refractivity contribution is 0.154. The number of hydrogen-bond acceptors (Lipinski definition) is 3. The van der Waals surface area contributed by atoms with Gasteiger partial charge in [0, 0.05) is 18.6 Å². The number of rotatable bonds is 4. The molecule has 0 heterocycles. The Balaban J connectivity index is 2.15. The largest absolute Gasteiger partial charge is 0.488 e. The zero-order valence-corrected chi connectivity index (χ0v) is 16.4. The van der Waals surface area contributed by atoms with Crippen molar-refractivity contribution in [1.29, 1.82) is 0 Å². The van der Waals surface area contributed by atoms with Crippen LogP contribution in [0.25, 0.3) is 0 Å². The number of alkyl halides is 1. The maximum absolute atomic E-state index is 11.7. The van der Waals surface area contributed by atoms with Crippen LogP contribution in [0.3, 0.4) is 0 Å². The van der Waals surface area contributed by atoms with E-state index in [0.29, 0.717) is 18.1 Å². The lowest BCUT2D eigenvalue weighted by Gasteiger charge is -2.29. The van der Waals surface area contributed by atoms with Crippen molar-refractivity contribution in [1.82, 2.24) is 0 Å². The predicted octanol–water partition coefficient (Wildman–Crippen LogP) is 4.69. The van der Waals surface area contributed by atoms with Gasteiger partial charge < -0.3 is 4.74 Å². The second-order valence-electron chi connectivity index (χ2n) is 5.38. The third-order valence-corrected chi connectivity index (χ3v) is 6.81. The van der Waals surface area contributed by atoms with E-state index in [0.717, 1.165) is 33.8 Å². The smallest absolute Gasteiger partial charge is 0.150 e. The van der Waals surface area contributed by atoms with Gasteiger partial charge >= 0.3 is 0 Å². The Morgan fingerprint density at radius 3 is 2.43 bits per heavy atom. The van der Waals surface area contributed by atoms with Gasteiger partial charge in [-0.1, -0.05) is 0 Å². The molecule has 118 valence electrons. The molecule has 2 atom stereocenters. The molecule has 1 aromatic carbocycles. The highest BCUT2D eigenvalue weighted by atomic mass is 79.9. The molecule has 1 saturated carbocycles. The van der Waals surface area contributed by atoms with Crippen LogP contribution in [-0.4, -0.2) is 26.0 Å². The van der Waals surface area contributed by atoms with Gasteiger partial charge in [-0.25, -0.2) is 8.42 Å². The van der Waals surface area contributed by atoms with Gasteiger partial charge in [-0.2, -0.15) is 0 Å². The van der Waals surface area contributed by atoms with Crippen LogP contribution >= 0.6 is 43.5 Å². The first kappa shape index (κ1) is 17.6. The summed E-state index contributed by atoms with van der Waals surface area (Å²) < 4.78 is 31.1. The van der Waals surface area contributed by atoms with Gasteiger partial charge in [0.15, 0.2) is 0 Å². The Hall–Kier alpha value is 0.220. The highest BCUT2D eigenvalue weighted by Crippen LogP contribution is 2.38. The molecule has 7 heteroatoms. The predicted molar refractivity (Wildman–Crippen MR) is 92.9 cm³/mol. The molecule has 1 fully saturated rings. The molecule has 0 N–H and O–H groups in total. The summed E-state index contributed by atoms with van der Waals surface area (Å²) in [4.78, 5) is 0. The van der Waals surface area contributed by atoms with E-state index < -0.39 is 9.84 Å². The number of halogens is 3. The zero-order chi connectivity index (χ0) is 15.6. The first-order valence-corrected chi connectivity index (χ1v) is 10.8. The topological polar surface area (TPSA) is 43.4 Å². The summed E-state index contributed by atoms with van der Waals surface area (Å²) >= 11 is 12.8. The van der Waals surface area contributed by atoms with Crippen LogP contribution in [0.5, 0.6) is 5.75 Å². The van der Waals surface area contributed by atoms with Crippen LogP contribution in [0, 0.1) is 0 Å². The Bertz CT molecular complexity index is 596. The van der Waals surface area contributed by atoms with E-state index in [1.807, 2.05) is 12.1 Å². The van der Waals surface area contributed by atoms with Crippen molar-refractivity contribution in [2.45, 2.75) is 42.9 Å². The number of benzene rings is 1. The quantitative estimate of drug-likeness (QED) is 0.613. The molecular formula is C14H17Br2ClO3S. The van der Waals surface area contributed by atoms with E-state index in [4.69, 9.17) is 16.3 Å². The molecule has 3 nitrogen and oxygen atoms in total. The fourth-order valence-corrected chi connectivity index (χ4v) is 5.35. The Kier molecular flexibility index (Phi) is 6.02. The first-order valence-electron chi connectivity index (χ1n) is 6.70. The van der Waals surface area contributed by atoms with Crippen LogP contribution in [0.2, 0.25) is 0 Å². The Labute approximate surface area is 147 Å². The molecule has 0 aromatic heterocycles. The third-order valence-electron chi connectivity index (χ3n) is 3.68. The molecule has 0 amide bonds. The van der Waals surface area contributed by atoms with Crippen LogP contribution in [0.15, 0.2) is 21.1 Å². The molecule has 0 saturated heterocycles. The molecule has 0 aliphatic heterocycles. The molecule has 0 radical (unpaired) electrons. The van der Waals surface area contributed by atoms with E-state index in [2.05, 4.69) is 31.9 Å². The van der Waals surface area contributed by atoms with Crippen molar-refractivity contribution >= 4 is 53.3 Å². The van der Waals surface area contributed by atoms with Crippen molar-refractivity contribution in [3.05, 3.63) is 26.6 Å². The second kappa shape index (κ2) is 7.20. The zero-order valence-electron chi connectivity index (χ0n) is 11.6. The van der Waals surface area contributed by atoms with E-state index in [1.165, 1.54) is 6.26 Å². The molecular weight excluding hydrogens is 443 g/mol. The highest BCUT2D eigenvalue weighted by molar-refractivity contribution is 9.11. The van der Waals surface area contributed by atoms with Crippen molar-refractivity contribution < 1.29 is 13.2 Å². The molecule has 1 aromatic rings. The molecule has 0 spiro atoms. The summed E-state index contributed by atoms with van der Waals surface area (Å²) in [5, 5.41) is -0.295. The monoisotopic (exact) mass is 458 g/mol. The van der Waals surface area contributed by atoms with Gasteiger partial charge in [-0.3, -0.25) is 0 Å². The summed E-state index contributed by atoms with van der Waals surface area (Å²) in [6.45, 7) is 0. The van der Waals surface area contributed by atoms with E-state index in [1.54, 1.807) is 0 Å². The van der Waals surface area contributed by atoms with Gasteiger partial charge in [0.1, 0.15) is 21.7 Å². The average molecular weight is 461 g/mol. The minimum atomic E-state index is -3.00. The van der Waals surface area contributed by atoms with Crippen LogP contribution in [-0.2, 0) is 15.7 Å². The number of sulfone groups is 1. The van der Waals surface area contributed by atoms with E-state index in [-0.39, 0.29) is 11.4 Å². The van der Waals surface area contributed by atoms with Crippen molar-refractivity contribution in [3.8, 4) is 5.75 Å². The SMILES string of the molecule is CS(=O)(=O)C1CCCC(Oc2c(Br)cc(CCl)cc2Br)C1. The Morgan fingerprint density at radius 1 is 1.29 bits per heavy atom. The molecule has 1 aliphatic carbocycles. The molecule has 1 aliphatic rings. The molecule has 2 rings (SSSR count). The summed E-state index contributed by atoms with van der Waals surface area (Å²) in [7, 11) is -3.00. The van der Waals surface area contributed by atoms with Gasteiger partial charge in [-0.05, 0) is 68.8 Å². The first-order chi connectivity index (χ1) is 9.81. The van der Waals surface area contributed by atoms with Gasteiger partial charge in [0.05, 0.1) is 14.2 Å². The maximum Gasteiger partial charge on any atom is 0.150 e. The van der Waals surface area contributed by atoms with Gasteiger partial charge in [0.25, 0.3) is 0 Å². The number of hydrogen-bond donors (Lipinski definition) is 0. The van der Waals surface area contributed by atoms with Crippen LogP contribution < -0.4 is 4.74 Å². The fraction of sp³-hybridized carbons (Fsp3) is 0.571. The third kappa shape index (κ3) is 4.60. The summed E-state index contributed by atoms with van der Waals surface area (Å²) in [5.74, 6) is 1.14. The average Bonchev–Trinajstić information content (AvgIpc) is 2.42. The summed E-state index contributed by atoms with van der Waals surface area (Å²) in [6.07, 6.45) is 4.26. The van der Waals surface area contributed by atoms with Crippen molar-refractivity contribution in [3.63, 3.8) is 0 Å². The molecule has 0 bridgehead atoms. The highest BCUT2D eigenvalue weighted by Gasteiger charge is 2.30. The maximum atomic E-state index is 11.7. The summed E-state index contributed by atoms with van der Waals surface area (Å²) in [6, 6.07) is 3.84. The minimum absolute atomic E-state index is 0.0760. The standard InChI is InChI=1S/C14H17Br2ClO3S/c1-21(18,19)11-4-2-3-10(7-11)20-14-12(15)5-9(8-17)6-13(14)16/h5-6,10-11H,2-4,7-8H2,1H3. The normalized spacial score (nSPS) is 23.0. The minimum Gasteiger partial charge on any atom is -0.488 e.